The SMILES string of the molecule is CC(=O)Oc1c(C)c(C)c2c(c1C)C1CCCC1O2. The number of hydrogen-bond donors (Lipinski definition) is 0. The van der Waals surface area contributed by atoms with Crippen molar-refractivity contribution in [3.05, 3.63) is 22.3 Å². The molecule has 1 aliphatic heterocycles. The van der Waals surface area contributed by atoms with Crippen molar-refractivity contribution in [2.75, 3.05) is 0 Å². The number of hydrogen-bond acceptors (Lipinski definition) is 3. The lowest BCUT2D eigenvalue weighted by atomic mass is 9.89. The molecule has 0 N–H and O–H groups in total. The predicted molar refractivity (Wildman–Crippen MR) is 73.0 cm³/mol. The Bertz CT molecular complexity index is 560. The van der Waals surface area contributed by atoms with Crippen LogP contribution in [0.2, 0.25) is 0 Å². The quantitative estimate of drug-likeness (QED) is 0.572. The molecule has 2 unspecified atom stereocenters. The van der Waals surface area contributed by atoms with Gasteiger partial charge in [0.05, 0.1) is 0 Å². The van der Waals surface area contributed by atoms with Gasteiger partial charge in [-0.3, -0.25) is 4.79 Å². The maximum absolute atomic E-state index is 11.3. The van der Waals surface area contributed by atoms with Crippen LogP contribution in [-0.2, 0) is 4.79 Å². The van der Waals surface area contributed by atoms with E-state index in [-0.39, 0.29) is 5.97 Å². The van der Waals surface area contributed by atoms with Crippen molar-refractivity contribution in [2.24, 2.45) is 0 Å². The van der Waals surface area contributed by atoms with E-state index in [0.717, 1.165) is 34.6 Å². The van der Waals surface area contributed by atoms with Crippen molar-refractivity contribution in [2.45, 2.75) is 59.0 Å². The van der Waals surface area contributed by atoms with E-state index in [1.807, 2.05) is 13.8 Å². The first-order valence-corrected chi connectivity index (χ1v) is 6.99. The number of ether oxygens (including phenoxy) is 2. The van der Waals surface area contributed by atoms with Crippen LogP contribution in [0.3, 0.4) is 0 Å². The molecule has 19 heavy (non-hydrogen) atoms. The molecule has 0 saturated heterocycles. The maximum atomic E-state index is 11.3. The molecule has 0 bridgehead atoms. The third-order valence-electron chi connectivity index (χ3n) is 4.57. The fourth-order valence-electron chi connectivity index (χ4n) is 3.56. The molecule has 2 aliphatic rings. The molecule has 102 valence electrons. The molecule has 1 aliphatic carbocycles. The molecule has 1 aromatic carbocycles. The van der Waals surface area contributed by atoms with Gasteiger partial charge in [-0.1, -0.05) is 0 Å². The molecule has 0 spiro atoms. The average Bonchev–Trinajstić information content (AvgIpc) is 2.91. The Hall–Kier alpha value is -1.51. The highest BCUT2D eigenvalue weighted by Gasteiger charge is 2.41. The van der Waals surface area contributed by atoms with Crippen LogP contribution in [0.4, 0.5) is 0 Å². The molecule has 2 atom stereocenters. The van der Waals surface area contributed by atoms with Crippen LogP contribution in [0.5, 0.6) is 11.5 Å². The van der Waals surface area contributed by atoms with Gasteiger partial charge >= 0.3 is 5.97 Å². The fraction of sp³-hybridized carbons (Fsp3) is 0.562. The van der Waals surface area contributed by atoms with Gasteiger partial charge in [-0.15, -0.1) is 0 Å². The summed E-state index contributed by atoms with van der Waals surface area (Å²) in [5, 5.41) is 0. The van der Waals surface area contributed by atoms with E-state index >= 15 is 0 Å². The van der Waals surface area contributed by atoms with Crippen LogP contribution in [0.25, 0.3) is 0 Å². The Balaban J connectivity index is 2.18. The molecule has 0 radical (unpaired) electrons. The Morgan fingerprint density at radius 2 is 1.89 bits per heavy atom. The van der Waals surface area contributed by atoms with Crippen molar-refractivity contribution in [3.63, 3.8) is 0 Å². The summed E-state index contributed by atoms with van der Waals surface area (Å²) >= 11 is 0. The van der Waals surface area contributed by atoms with Gasteiger partial charge in [0.25, 0.3) is 0 Å². The van der Waals surface area contributed by atoms with Gasteiger partial charge in [0.2, 0.25) is 0 Å². The highest BCUT2D eigenvalue weighted by atomic mass is 16.5. The lowest BCUT2D eigenvalue weighted by Crippen LogP contribution is -2.11. The average molecular weight is 260 g/mol. The van der Waals surface area contributed by atoms with E-state index in [9.17, 15) is 4.79 Å². The zero-order valence-electron chi connectivity index (χ0n) is 12.0. The Kier molecular flexibility index (Phi) is 2.80. The van der Waals surface area contributed by atoms with Gasteiger partial charge in [-0.05, 0) is 56.7 Å². The minimum atomic E-state index is -0.257. The minimum Gasteiger partial charge on any atom is -0.489 e. The van der Waals surface area contributed by atoms with Gasteiger partial charge in [-0.25, -0.2) is 0 Å². The third kappa shape index (κ3) is 1.75. The van der Waals surface area contributed by atoms with Crippen molar-refractivity contribution < 1.29 is 14.3 Å². The summed E-state index contributed by atoms with van der Waals surface area (Å²) < 4.78 is 11.6. The zero-order valence-corrected chi connectivity index (χ0v) is 12.0. The second kappa shape index (κ2) is 4.26. The van der Waals surface area contributed by atoms with Crippen LogP contribution in [0.15, 0.2) is 0 Å². The number of carbonyl (C=O) groups is 1. The van der Waals surface area contributed by atoms with Crippen LogP contribution in [0, 0.1) is 20.8 Å². The summed E-state index contributed by atoms with van der Waals surface area (Å²) in [6.45, 7) is 7.56. The molecule has 0 amide bonds. The summed E-state index contributed by atoms with van der Waals surface area (Å²) in [5.41, 5.74) is 4.50. The summed E-state index contributed by atoms with van der Waals surface area (Å²) in [5.74, 6) is 2.01. The molecule has 3 rings (SSSR count). The standard InChI is InChI=1S/C16H20O3/c1-8-9(2)16-14(10(3)15(8)18-11(4)17)12-6-5-7-13(12)19-16/h12-13H,5-7H2,1-4H3. The van der Waals surface area contributed by atoms with Crippen molar-refractivity contribution in [1.82, 2.24) is 0 Å². The van der Waals surface area contributed by atoms with E-state index in [4.69, 9.17) is 9.47 Å². The number of rotatable bonds is 1. The Morgan fingerprint density at radius 3 is 2.58 bits per heavy atom. The third-order valence-corrected chi connectivity index (χ3v) is 4.57. The van der Waals surface area contributed by atoms with Crippen molar-refractivity contribution >= 4 is 5.97 Å². The molecule has 3 heteroatoms. The summed E-state index contributed by atoms with van der Waals surface area (Å²) in [7, 11) is 0. The number of carbonyl (C=O) groups excluding carboxylic acids is 1. The highest BCUT2D eigenvalue weighted by Crippen LogP contribution is 2.52. The lowest BCUT2D eigenvalue weighted by Gasteiger charge is -2.17. The highest BCUT2D eigenvalue weighted by molar-refractivity contribution is 5.72. The maximum Gasteiger partial charge on any atom is 0.308 e. The second-order valence-corrected chi connectivity index (χ2v) is 5.73. The molecule has 3 nitrogen and oxygen atoms in total. The first-order chi connectivity index (χ1) is 9.00. The number of esters is 1. The van der Waals surface area contributed by atoms with Crippen LogP contribution in [0.1, 0.15) is 54.4 Å². The lowest BCUT2D eigenvalue weighted by molar-refractivity contribution is -0.131. The number of fused-ring (bicyclic) bond motifs is 3. The van der Waals surface area contributed by atoms with Crippen LogP contribution >= 0.6 is 0 Å². The van der Waals surface area contributed by atoms with Crippen molar-refractivity contribution in [1.29, 1.82) is 0 Å². The Labute approximate surface area is 113 Å². The fourth-order valence-corrected chi connectivity index (χ4v) is 3.56. The molecule has 1 aromatic rings. The monoisotopic (exact) mass is 260 g/mol. The molecule has 1 heterocycles. The van der Waals surface area contributed by atoms with Gasteiger partial charge < -0.3 is 9.47 Å². The molecule has 1 fully saturated rings. The molecular weight excluding hydrogens is 240 g/mol. The first-order valence-electron chi connectivity index (χ1n) is 6.99. The predicted octanol–water partition coefficient (Wildman–Crippen LogP) is 3.57. The molecular formula is C16H20O3. The van der Waals surface area contributed by atoms with Gasteiger partial charge in [-0.2, -0.15) is 0 Å². The van der Waals surface area contributed by atoms with Crippen LogP contribution in [-0.4, -0.2) is 12.1 Å². The minimum absolute atomic E-state index is 0.257. The van der Waals surface area contributed by atoms with Gasteiger partial charge in [0.1, 0.15) is 17.6 Å². The first kappa shape index (κ1) is 12.5. The second-order valence-electron chi connectivity index (χ2n) is 5.73. The van der Waals surface area contributed by atoms with Crippen LogP contribution < -0.4 is 9.47 Å². The van der Waals surface area contributed by atoms with E-state index in [2.05, 4.69) is 6.92 Å². The Morgan fingerprint density at radius 1 is 1.16 bits per heavy atom. The van der Waals surface area contributed by atoms with E-state index < -0.39 is 0 Å². The number of benzene rings is 1. The zero-order chi connectivity index (χ0) is 13.7. The topological polar surface area (TPSA) is 35.5 Å². The van der Waals surface area contributed by atoms with E-state index in [1.165, 1.54) is 25.3 Å². The van der Waals surface area contributed by atoms with E-state index in [1.54, 1.807) is 0 Å². The van der Waals surface area contributed by atoms with Gasteiger partial charge in [0.15, 0.2) is 0 Å². The van der Waals surface area contributed by atoms with Crippen molar-refractivity contribution in [3.8, 4) is 11.5 Å². The molecule has 0 aromatic heterocycles. The largest absolute Gasteiger partial charge is 0.489 e. The molecule has 1 saturated carbocycles. The van der Waals surface area contributed by atoms with E-state index in [0.29, 0.717) is 12.0 Å². The summed E-state index contributed by atoms with van der Waals surface area (Å²) in [6, 6.07) is 0. The summed E-state index contributed by atoms with van der Waals surface area (Å²) in [4.78, 5) is 11.3. The smallest absolute Gasteiger partial charge is 0.308 e. The normalized spacial score (nSPS) is 23.8. The summed E-state index contributed by atoms with van der Waals surface area (Å²) in [6.07, 6.45) is 3.88. The van der Waals surface area contributed by atoms with Gasteiger partial charge in [0, 0.05) is 18.4 Å².